The number of anilines is 1. The second kappa shape index (κ2) is 17.6. The molecule has 2 aromatic heterocycles. The number of nitro benzene ring substituents is 2. The summed E-state index contributed by atoms with van der Waals surface area (Å²) >= 11 is 0. The number of ether oxygens (including phenoxy) is 2. The molecule has 66 heavy (non-hydrogen) atoms. The highest BCUT2D eigenvalue weighted by Crippen LogP contribution is 2.43. The Morgan fingerprint density at radius 1 is 0.894 bits per heavy atom. The van der Waals surface area contributed by atoms with Crippen LogP contribution in [0.4, 0.5) is 17.1 Å². The lowest BCUT2D eigenvalue weighted by atomic mass is 9.77. The molecule has 1 aliphatic carbocycles. The Kier molecular flexibility index (Phi) is 12.6. The molecule has 8 rings (SSSR count). The number of piperidine rings is 2. The van der Waals surface area contributed by atoms with E-state index in [1.165, 1.54) is 31.4 Å². The number of nitrogens with zero attached hydrogens (tertiary/aromatic N) is 5. The summed E-state index contributed by atoms with van der Waals surface area (Å²) < 4.78 is 41.8. The van der Waals surface area contributed by atoms with E-state index in [-0.39, 0.29) is 34.4 Å². The molecular weight excluding hydrogens is 869 g/mol. The number of carbonyl (C=O) groups is 3. The number of fused-ring (bicyclic) bond motifs is 4. The first-order chi connectivity index (χ1) is 30.9. The lowest BCUT2D eigenvalue weighted by Crippen LogP contribution is -2.55. The number of aromatic amines is 1. The molecule has 3 aliphatic rings. The van der Waals surface area contributed by atoms with Gasteiger partial charge in [0.15, 0.2) is 10.6 Å². The summed E-state index contributed by atoms with van der Waals surface area (Å²) in [5, 5.41) is 24.5. The SMILES string of the molecule is COC(=O)c1ccc(N(C[C@@H](C)c2c(-c3cc(C)cc(C)c3)[nH]c3c(C(=O)OC(C)(C)C)nc(C(C)(C)C(=O)N4CC5CCC4CC5)cc23)S(=O)(=O)c2ccc([N+](=O)[O-])cc2[N+](=O)[O-])cc1. The largest absolute Gasteiger partial charge is 0.465 e. The van der Waals surface area contributed by atoms with Crippen molar-refractivity contribution >= 4 is 55.8 Å². The minimum Gasteiger partial charge on any atom is -0.465 e. The molecule has 18 heteroatoms. The Balaban J connectivity index is 1.48. The van der Waals surface area contributed by atoms with Crippen LogP contribution in [-0.2, 0) is 29.7 Å². The van der Waals surface area contributed by atoms with Crippen molar-refractivity contribution in [3.8, 4) is 11.3 Å². The van der Waals surface area contributed by atoms with Crippen molar-refractivity contribution in [1.29, 1.82) is 0 Å². The number of sulfonamides is 1. The number of nitro groups is 2. The first kappa shape index (κ1) is 47.3. The van der Waals surface area contributed by atoms with Gasteiger partial charge in [-0.15, -0.1) is 0 Å². The molecule has 1 N–H and O–H groups in total. The molecule has 3 aromatic carbocycles. The Bertz CT molecular complexity index is 2870. The first-order valence-electron chi connectivity index (χ1n) is 21.7. The zero-order chi connectivity index (χ0) is 48.2. The minimum atomic E-state index is -4.94. The maximum absolute atomic E-state index is 15.0. The summed E-state index contributed by atoms with van der Waals surface area (Å²) in [6, 6.07) is 15.5. The number of hydrogen-bond donors (Lipinski definition) is 1. The predicted octanol–water partition coefficient (Wildman–Crippen LogP) is 9.08. The third kappa shape index (κ3) is 9.10. The molecule has 0 spiro atoms. The number of pyridine rings is 1. The summed E-state index contributed by atoms with van der Waals surface area (Å²) in [5.41, 5.74) is 0.326. The normalized spacial score (nSPS) is 16.8. The average molecular weight is 923 g/mol. The smallest absolute Gasteiger partial charge is 0.359 e. The van der Waals surface area contributed by atoms with Gasteiger partial charge in [-0.2, -0.15) is 0 Å². The van der Waals surface area contributed by atoms with Gasteiger partial charge in [0.1, 0.15) is 5.60 Å². The van der Waals surface area contributed by atoms with Crippen LogP contribution in [0.1, 0.15) is 116 Å². The van der Waals surface area contributed by atoms with Gasteiger partial charge < -0.3 is 19.4 Å². The molecule has 5 aromatic rings. The van der Waals surface area contributed by atoms with Crippen LogP contribution in [0.5, 0.6) is 0 Å². The first-order valence-corrected chi connectivity index (χ1v) is 23.2. The fourth-order valence-corrected chi connectivity index (χ4v) is 11.0. The van der Waals surface area contributed by atoms with Gasteiger partial charge in [-0.1, -0.05) is 24.1 Å². The van der Waals surface area contributed by atoms with E-state index < -0.39 is 71.6 Å². The molecule has 4 heterocycles. The molecule has 1 atom stereocenters. The number of carbonyl (C=O) groups excluding carboxylic acids is 3. The van der Waals surface area contributed by atoms with Crippen LogP contribution in [0.15, 0.2) is 71.6 Å². The van der Waals surface area contributed by atoms with Crippen molar-refractivity contribution in [3.05, 3.63) is 121 Å². The van der Waals surface area contributed by atoms with E-state index in [1.54, 1.807) is 47.6 Å². The number of aryl methyl sites for hydroxylation is 2. The molecule has 0 radical (unpaired) electrons. The number of nitrogens with one attached hydrogen (secondary N) is 1. The minimum absolute atomic E-state index is 0.00862. The van der Waals surface area contributed by atoms with Gasteiger partial charge in [-0.05, 0) is 140 Å². The van der Waals surface area contributed by atoms with Crippen LogP contribution in [0.25, 0.3) is 22.2 Å². The van der Waals surface area contributed by atoms with Crippen molar-refractivity contribution in [2.24, 2.45) is 5.92 Å². The highest BCUT2D eigenvalue weighted by atomic mass is 32.2. The van der Waals surface area contributed by atoms with Crippen molar-refractivity contribution in [3.63, 3.8) is 0 Å². The third-order valence-electron chi connectivity index (χ3n) is 12.5. The van der Waals surface area contributed by atoms with E-state index in [2.05, 4.69) is 4.98 Å². The van der Waals surface area contributed by atoms with E-state index in [0.717, 1.165) is 53.2 Å². The van der Waals surface area contributed by atoms with Gasteiger partial charge in [0.25, 0.3) is 21.4 Å². The number of hydrogen-bond acceptors (Lipinski definition) is 12. The number of benzene rings is 3. The molecule has 1 saturated carbocycles. The van der Waals surface area contributed by atoms with Crippen LogP contribution in [0, 0.1) is 40.0 Å². The molecular formula is C48H54N6O11S. The Hall–Kier alpha value is -6.69. The lowest BCUT2D eigenvalue weighted by molar-refractivity contribution is -0.396. The van der Waals surface area contributed by atoms with Gasteiger partial charge in [0, 0.05) is 36.5 Å². The standard InChI is InChI=1S/C48H54N6O11S/c1-27-20-28(2)22-32(21-27)41-40(29(3)25-52(34-16-12-31(13-17-34)44(55)64-9)66(62,63)38-19-18-35(53(58)59)23-37(38)54(60)61)36-24-39(49-43(42(36)50-41)45(56)65-47(4,5)6)48(7,8)46(57)51-26-30-10-14-33(51)15-11-30/h12-13,16-24,29-30,33,50H,10-11,14-15,25-26H2,1-9H3/t29-,30?,33?/m1/s1. The zero-order valence-electron chi connectivity index (χ0n) is 38.5. The monoisotopic (exact) mass is 922 g/mol. The number of non-ortho nitro benzene ring substituents is 1. The molecule has 2 saturated heterocycles. The second-order valence-corrected chi connectivity index (χ2v) is 20.8. The molecule has 2 aliphatic heterocycles. The second-order valence-electron chi connectivity index (χ2n) is 19.0. The van der Waals surface area contributed by atoms with Gasteiger partial charge in [0.2, 0.25) is 5.91 Å². The van der Waals surface area contributed by atoms with Gasteiger partial charge in [0.05, 0.1) is 56.6 Å². The van der Waals surface area contributed by atoms with Crippen LogP contribution >= 0.6 is 0 Å². The Labute approximate surface area is 382 Å². The third-order valence-corrected chi connectivity index (χ3v) is 14.3. The highest BCUT2D eigenvalue weighted by molar-refractivity contribution is 7.93. The molecule has 348 valence electrons. The summed E-state index contributed by atoms with van der Waals surface area (Å²) in [4.78, 5) is 73.3. The number of H-pyrrole nitrogens is 1. The maximum atomic E-state index is 15.0. The lowest BCUT2D eigenvalue weighted by Gasteiger charge is -2.47. The topological polar surface area (TPSA) is 225 Å². The van der Waals surface area contributed by atoms with E-state index in [4.69, 9.17) is 14.5 Å². The van der Waals surface area contributed by atoms with Crippen molar-refractivity contribution in [1.82, 2.24) is 14.9 Å². The summed E-state index contributed by atoms with van der Waals surface area (Å²) in [7, 11) is -3.74. The van der Waals surface area contributed by atoms with Crippen molar-refractivity contribution in [2.75, 3.05) is 24.5 Å². The van der Waals surface area contributed by atoms with Crippen LogP contribution in [-0.4, -0.2) is 82.8 Å². The number of methoxy groups -OCH3 is 1. The summed E-state index contributed by atoms with van der Waals surface area (Å²) in [5.74, 6) is -1.98. The number of esters is 2. The number of rotatable bonds is 13. The molecule has 3 fully saturated rings. The van der Waals surface area contributed by atoms with E-state index >= 15 is 8.42 Å². The predicted molar refractivity (Wildman–Crippen MR) is 247 cm³/mol. The van der Waals surface area contributed by atoms with Crippen LogP contribution < -0.4 is 4.31 Å². The number of aromatic nitrogens is 2. The van der Waals surface area contributed by atoms with Gasteiger partial charge >= 0.3 is 11.9 Å². The van der Waals surface area contributed by atoms with E-state index in [1.807, 2.05) is 36.9 Å². The molecule has 2 bridgehead atoms. The van der Waals surface area contributed by atoms with Crippen molar-refractivity contribution in [2.45, 2.75) is 109 Å². The van der Waals surface area contributed by atoms with Crippen LogP contribution in [0.2, 0.25) is 0 Å². The Morgan fingerprint density at radius 2 is 1.53 bits per heavy atom. The quantitative estimate of drug-likeness (QED) is 0.0663. The zero-order valence-corrected chi connectivity index (χ0v) is 39.3. The van der Waals surface area contributed by atoms with Crippen LogP contribution in [0.3, 0.4) is 0 Å². The highest BCUT2D eigenvalue weighted by Gasteiger charge is 2.44. The van der Waals surface area contributed by atoms with Gasteiger partial charge in [-0.25, -0.2) is 23.0 Å². The molecule has 17 nitrogen and oxygen atoms in total. The molecule has 1 amide bonds. The fourth-order valence-electron chi connectivity index (χ4n) is 9.31. The summed E-state index contributed by atoms with van der Waals surface area (Å²) in [6.45, 7) is 14.6. The van der Waals surface area contributed by atoms with Gasteiger partial charge in [-0.3, -0.25) is 29.3 Å². The molecule has 0 unspecified atom stereocenters. The van der Waals surface area contributed by atoms with Crippen molar-refractivity contribution < 1.29 is 42.1 Å². The van der Waals surface area contributed by atoms with E-state index in [0.29, 0.717) is 46.4 Å². The summed E-state index contributed by atoms with van der Waals surface area (Å²) in [6.07, 6.45) is 3.95. The number of amides is 1. The Morgan fingerprint density at radius 3 is 2.08 bits per heavy atom. The van der Waals surface area contributed by atoms with E-state index in [9.17, 15) is 34.6 Å². The average Bonchev–Trinajstić information content (AvgIpc) is 3.66. The maximum Gasteiger partial charge on any atom is 0.359 e. The fraction of sp³-hybridized carbons (Fsp3) is 0.417.